The standard InChI is InChI=1S/C24H25FN4O3/c1-3-21(30)26-19-8-4-6-16(12-19)22-27-23(32-28-22)18-7-5-11-29(14-18)24(31)17-10-9-15(2)20(25)13-17/h4,6,8-10,12-13,18H,3,5,7,11,14H2,1-2H3,(H,26,30)/t18-/m1/s1. The molecule has 32 heavy (non-hydrogen) atoms. The Morgan fingerprint density at radius 3 is 2.88 bits per heavy atom. The van der Waals surface area contributed by atoms with Crippen LogP contribution in [0.4, 0.5) is 10.1 Å². The lowest BCUT2D eigenvalue weighted by atomic mass is 9.97. The number of hydrogen-bond donors (Lipinski definition) is 1. The molecule has 1 aliphatic rings. The Morgan fingerprint density at radius 2 is 2.09 bits per heavy atom. The maximum absolute atomic E-state index is 13.9. The number of rotatable bonds is 5. The quantitative estimate of drug-likeness (QED) is 0.634. The fourth-order valence-electron chi connectivity index (χ4n) is 3.78. The highest BCUT2D eigenvalue weighted by Crippen LogP contribution is 2.29. The van der Waals surface area contributed by atoms with E-state index in [1.807, 2.05) is 12.1 Å². The van der Waals surface area contributed by atoms with E-state index >= 15 is 0 Å². The second-order valence-electron chi connectivity index (χ2n) is 7.99. The van der Waals surface area contributed by atoms with Crippen molar-refractivity contribution in [3.05, 3.63) is 65.3 Å². The Morgan fingerprint density at radius 1 is 1.25 bits per heavy atom. The van der Waals surface area contributed by atoms with Gasteiger partial charge in [0.05, 0.1) is 5.92 Å². The summed E-state index contributed by atoms with van der Waals surface area (Å²) >= 11 is 0. The van der Waals surface area contributed by atoms with Crippen molar-refractivity contribution in [3.8, 4) is 11.4 Å². The third-order valence-corrected chi connectivity index (χ3v) is 5.64. The largest absolute Gasteiger partial charge is 0.339 e. The maximum Gasteiger partial charge on any atom is 0.253 e. The summed E-state index contributed by atoms with van der Waals surface area (Å²) in [5.74, 6) is 0.145. The van der Waals surface area contributed by atoms with Gasteiger partial charge in [0.2, 0.25) is 17.6 Å². The van der Waals surface area contributed by atoms with Gasteiger partial charge >= 0.3 is 0 Å². The number of amides is 2. The predicted octanol–water partition coefficient (Wildman–Crippen LogP) is 4.55. The Balaban J connectivity index is 1.48. The molecule has 0 saturated carbocycles. The Hall–Kier alpha value is -3.55. The molecule has 0 bridgehead atoms. The number of nitrogens with one attached hydrogen (secondary N) is 1. The topological polar surface area (TPSA) is 88.3 Å². The molecule has 4 rings (SSSR count). The number of piperidine rings is 1. The lowest BCUT2D eigenvalue weighted by molar-refractivity contribution is -0.115. The van der Waals surface area contributed by atoms with E-state index in [1.54, 1.807) is 43.0 Å². The Bertz CT molecular complexity index is 1140. The van der Waals surface area contributed by atoms with E-state index in [0.29, 0.717) is 48.0 Å². The van der Waals surface area contributed by atoms with Crippen LogP contribution in [0.2, 0.25) is 0 Å². The summed E-state index contributed by atoms with van der Waals surface area (Å²) < 4.78 is 19.4. The van der Waals surface area contributed by atoms with Crippen LogP contribution in [0.15, 0.2) is 47.0 Å². The zero-order valence-electron chi connectivity index (χ0n) is 18.1. The van der Waals surface area contributed by atoms with E-state index in [1.165, 1.54) is 6.07 Å². The molecule has 1 atom stereocenters. The molecule has 0 spiro atoms. The van der Waals surface area contributed by atoms with Gasteiger partial charge in [-0.2, -0.15) is 4.98 Å². The van der Waals surface area contributed by atoms with E-state index in [9.17, 15) is 14.0 Å². The van der Waals surface area contributed by atoms with Crippen LogP contribution in [0.1, 0.15) is 53.9 Å². The summed E-state index contributed by atoms with van der Waals surface area (Å²) in [6, 6.07) is 11.8. The van der Waals surface area contributed by atoms with E-state index < -0.39 is 0 Å². The number of hydrogen-bond acceptors (Lipinski definition) is 5. The molecule has 0 aliphatic carbocycles. The fraction of sp³-hybridized carbons (Fsp3) is 0.333. The van der Waals surface area contributed by atoms with Gasteiger partial charge < -0.3 is 14.7 Å². The molecule has 2 amide bonds. The van der Waals surface area contributed by atoms with Crippen LogP contribution in [0, 0.1) is 12.7 Å². The third kappa shape index (κ3) is 4.69. The maximum atomic E-state index is 13.9. The minimum atomic E-state index is -0.386. The number of aryl methyl sites for hydroxylation is 1. The number of carbonyl (C=O) groups is 2. The van der Waals surface area contributed by atoms with Crippen LogP contribution in [0.25, 0.3) is 11.4 Å². The summed E-state index contributed by atoms with van der Waals surface area (Å²) in [6.07, 6.45) is 2.00. The number of halogens is 1. The second kappa shape index (κ2) is 9.30. The molecule has 8 heteroatoms. The van der Waals surface area contributed by atoms with Gasteiger partial charge in [-0.1, -0.05) is 30.3 Å². The molecular weight excluding hydrogens is 411 g/mol. The molecule has 0 unspecified atom stereocenters. The highest BCUT2D eigenvalue weighted by Gasteiger charge is 2.29. The molecule has 1 N–H and O–H groups in total. The molecule has 0 radical (unpaired) electrons. The molecule has 166 valence electrons. The molecule has 1 aromatic heterocycles. The van der Waals surface area contributed by atoms with Crippen molar-refractivity contribution in [1.29, 1.82) is 0 Å². The average Bonchev–Trinajstić information content (AvgIpc) is 3.31. The van der Waals surface area contributed by atoms with Crippen molar-refractivity contribution in [1.82, 2.24) is 15.0 Å². The van der Waals surface area contributed by atoms with Gasteiger partial charge in [0.1, 0.15) is 5.82 Å². The SMILES string of the molecule is CCC(=O)Nc1cccc(-c2noc([C@@H]3CCCN(C(=O)c4ccc(C)c(F)c4)C3)n2)c1. The molecule has 1 fully saturated rings. The third-order valence-electron chi connectivity index (χ3n) is 5.64. The Labute approximate surface area is 185 Å². The first-order chi connectivity index (χ1) is 15.4. The number of carbonyl (C=O) groups excluding carboxylic acids is 2. The van der Waals surface area contributed by atoms with Crippen molar-refractivity contribution in [2.45, 2.75) is 39.0 Å². The van der Waals surface area contributed by atoms with Gasteiger partial charge in [0.15, 0.2) is 0 Å². The van der Waals surface area contributed by atoms with Crippen LogP contribution in [0.5, 0.6) is 0 Å². The molecule has 1 saturated heterocycles. The predicted molar refractivity (Wildman–Crippen MR) is 118 cm³/mol. The van der Waals surface area contributed by atoms with Crippen molar-refractivity contribution in [2.75, 3.05) is 18.4 Å². The normalized spacial score (nSPS) is 16.1. The number of benzene rings is 2. The summed E-state index contributed by atoms with van der Waals surface area (Å²) in [7, 11) is 0. The lowest BCUT2D eigenvalue weighted by Gasteiger charge is -2.31. The van der Waals surface area contributed by atoms with Gasteiger partial charge in [-0.05, 0) is 49.6 Å². The minimum Gasteiger partial charge on any atom is -0.339 e. The highest BCUT2D eigenvalue weighted by molar-refractivity contribution is 5.94. The van der Waals surface area contributed by atoms with Crippen molar-refractivity contribution < 1.29 is 18.5 Å². The van der Waals surface area contributed by atoms with Crippen molar-refractivity contribution in [2.24, 2.45) is 0 Å². The monoisotopic (exact) mass is 436 g/mol. The molecule has 7 nitrogen and oxygen atoms in total. The summed E-state index contributed by atoms with van der Waals surface area (Å²) in [6.45, 7) is 4.49. The van der Waals surface area contributed by atoms with Crippen molar-refractivity contribution >= 4 is 17.5 Å². The molecule has 1 aliphatic heterocycles. The van der Waals surface area contributed by atoms with Gasteiger partial charge in [-0.3, -0.25) is 9.59 Å². The fourth-order valence-corrected chi connectivity index (χ4v) is 3.78. The van der Waals surface area contributed by atoms with E-state index in [0.717, 1.165) is 18.4 Å². The average molecular weight is 436 g/mol. The summed E-state index contributed by atoms with van der Waals surface area (Å²) in [5.41, 5.74) is 2.24. The van der Waals surface area contributed by atoms with E-state index in [-0.39, 0.29) is 23.5 Å². The number of anilines is 1. The van der Waals surface area contributed by atoms with Gasteiger partial charge in [-0.25, -0.2) is 4.39 Å². The minimum absolute atomic E-state index is 0.0728. The molecule has 3 aromatic rings. The van der Waals surface area contributed by atoms with E-state index in [4.69, 9.17) is 4.52 Å². The number of aromatic nitrogens is 2. The van der Waals surface area contributed by atoms with Crippen LogP contribution < -0.4 is 5.32 Å². The highest BCUT2D eigenvalue weighted by atomic mass is 19.1. The Kier molecular flexibility index (Phi) is 6.30. The molecular formula is C24H25FN4O3. The van der Waals surface area contributed by atoms with Gasteiger partial charge in [0, 0.05) is 36.3 Å². The first-order valence-corrected chi connectivity index (χ1v) is 10.7. The summed E-state index contributed by atoms with van der Waals surface area (Å²) in [5, 5.41) is 6.92. The second-order valence-corrected chi connectivity index (χ2v) is 7.99. The molecule has 2 heterocycles. The zero-order chi connectivity index (χ0) is 22.7. The van der Waals surface area contributed by atoms with Crippen molar-refractivity contribution in [3.63, 3.8) is 0 Å². The first-order valence-electron chi connectivity index (χ1n) is 10.7. The summed E-state index contributed by atoms with van der Waals surface area (Å²) in [4.78, 5) is 30.8. The smallest absolute Gasteiger partial charge is 0.253 e. The first kappa shape index (κ1) is 21.7. The van der Waals surface area contributed by atoms with Crippen LogP contribution >= 0.6 is 0 Å². The van der Waals surface area contributed by atoms with Crippen LogP contribution in [0.3, 0.4) is 0 Å². The van der Waals surface area contributed by atoms with Crippen LogP contribution in [-0.2, 0) is 4.79 Å². The van der Waals surface area contributed by atoms with Gasteiger partial charge in [0.25, 0.3) is 5.91 Å². The number of nitrogens with zero attached hydrogens (tertiary/aromatic N) is 3. The molecule has 2 aromatic carbocycles. The lowest BCUT2D eigenvalue weighted by Crippen LogP contribution is -2.39. The van der Waals surface area contributed by atoms with Gasteiger partial charge in [-0.15, -0.1) is 0 Å². The zero-order valence-corrected chi connectivity index (χ0v) is 18.1. The van der Waals surface area contributed by atoms with Crippen LogP contribution in [-0.4, -0.2) is 39.9 Å². The van der Waals surface area contributed by atoms with E-state index in [2.05, 4.69) is 15.5 Å². The number of likely N-dealkylation sites (tertiary alicyclic amines) is 1.